The van der Waals surface area contributed by atoms with E-state index in [1.165, 1.54) is 36.4 Å². The first-order chi connectivity index (χ1) is 14.8. The number of alkyl halides is 1. The Hall–Kier alpha value is -2.86. The normalized spacial score (nSPS) is 26.0. The predicted octanol–water partition coefficient (Wildman–Crippen LogP) is 5.72. The number of halogens is 3. The number of hydrogen-bond donors (Lipinski definition) is 1. The Labute approximate surface area is 178 Å². The molecule has 2 aliphatic rings. The van der Waals surface area contributed by atoms with E-state index in [0.717, 1.165) is 28.9 Å². The zero-order valence-corrected chi connectivity index (χ0v) is 17.2. The molecule has 0 bridgehead atoms. The molecule has 2 aliphatic carbocycles. The third-order valence-corrected chi connectivity index (χ3v) is 7.04. The van der Waals surface area contributed by atoms with Crippen LogP contribution in [-0.4, -0.2) is 20.6 Å². The van der Waals surface area contributed by atoms with E-state index < -0.39 is 23.0 Å². The minimum atomic E-state index is -1.90. The molecule has 0 spiro atoms. The van der Waals surface area contributed by atoms with Crippen LogP contribution in [0.15, 0.2) is 60.3 Å². The molecule has 1 fully saturated rings. The van der Waals surface area contributed by atoms with Gasteiger partial charge in [-0.1, -0.05) is 24.6 Å². The van der Waals surface area contributed by atoms with Gasteiger partial charge in [-0.15, -0.1) is 0 Å². The molecule has 160 valence electrons. The second-order valence-corrected chi connectivity index (χ2v) is 8.79. The summed E-state index contributed by atoms with van der Waals surface area (Å²) in [5.41, 5.74) is 0.966. The van der Waals surface area contributed by atoms with E-state index >= 15 is 4.39 Å². The molecule has 3 atom stereocenters. The third-order valence-electron chi connectivity index (χ3n) is 7.04. The number of hydrogen-bond acceptors (Lipinski definition) is 2. The van der Waals surface area contributed by atoms with E-state index in [-0.39, 0.29) is 12.2 Å². The molecule has 6 heteroatoms. The van der Waals surface area contributed by atoms with Crippen molar-refractivity contribution in [2.75, 3.05) is 0 Å². The number of benzene rings is 2. The van der Waals surface area contributed by atoms with Crippen molar-refractivity contribution in [1.29, 1.82) is 0 Å². The van der Waals surface area contributed by atoms with Gasteiger partial charge in [0.05, 0.1) is 17.6 Å². The van der Waals surface area contributed by atoms with E-state index in [4.69, 9.17) is 0 Å². The second-order valence-electron chi connectivity index (χ2n) is 8.79. The molecule has 1 aromatic heterocycles. The Kier molecular flexibility index (Phi) is 4.59. The summed E-state index contributed by atoms with van der Waals surface area (Å²) in [4.78, 5) is 0. The number of fused-ring (bicyclic) bond motifs is 2. The van der Waals surface area contributed by atoms with Gasteiger partial charge in [0.15, 0.2) is 0 Å². The van der Waals surface area contributed by atoms with E-state index in [9.17, 15) is 13.9 Å². The van der Waals surface area contributed by atoms with Gasteiger partial charge in [0.25, 0.3) is 0 Å². The molecule has 3 nitrogen and oxygen atoms in total. The molecule has 0 aliphatic heterocycles. The van der Waals surface area contributed by atoms with Crippen molar-refractivity contribution >= 4 is 6.08 Å². The van der Waals surface area contributed by atoms with Crippen molar-refractivity contribution in [2.24, 2.45) is 5.41 Å². The van der Waals surface area contributed by atoms with Gasteiger partial charge in [-0.3, -0.25) is 0 Å². The second kappa shape index (κ2) is 7.09. The van der Waals surface area contributed by atoms with E-state index in [0.29, 0.717) is 18.4 Å². The van der Waals surface area contributed by atoms with Crippen LogP contribution in [0.5, 0.6) is 0 Å². The van der Waals surface area contributed by atoms with Gasteiger partial charge in [0.1, 0.15) is 23.4 Å². The molecule has 0 saturated heterocycles. The van der Waals surface area contributed by atoms with Gasteiger partial charge in [0.2, 0.25) is 0 Å². The van der Waals surface area contributed by atoms with Crippen LogP contribution in [0.25, 0.3) is 11.8 Å². The SMILES string of the molecule is C[C@]12Cc3cnn(-c4ccc(F)cc4)c3C=C1CCC[C@]2(F)C(O)c1ccc(F)cc1. The summed E-state index contributed by atoms with van der Waals surface area (Å²) in [6, 6.07) is 11.5. The van der Waals surface area contributed by atoms with Crippen LogP contribution in [-0.2, 0) is 6.42 Å². The highest BCUT2D eigenvalue weighted by molar-refractivity contribution is 5.62. The molecule has 2 aromatic carbocycles. The Morgan fingerprint density at radius 1 is 1.03 bits per heavy atom. The number of aromatic nitrogens is 2. The van der Waals surface area contributed by atoms with Crippen molar-refractivity contribution in [3.05, 3.63) is 88.8 Å². The first-order valence-electron chi connectivity index (χ1n) is 10.5. The number of rotatable bonds is 3. The average molecular weight is 424 g/mol. The summed E-state index contributed by atoms with van der Waals surface area (Å²) in [7, 11) is 0. The van der Waals surface area contributed by atoms with Crippen LogP contribution in [0.3, 0.4) is 0 Å². The lowest BCUT2D eigenvalue weighted by molar-refractivity contribution is -0.101. The maximum absolute atomic E-state index is 16.7. The Morgan fingerprint density at radius 2 is 1.68 bits per heavy atom. The molecule has 1 heterocycles. The highest BCUT2D eigenvalue weighted by Gasteiger charge is 2.58. The quantitative estimate of drug-likeness (QED) is 0.584. The number of allylic oxidation sites excluding steroid dienone is 1. The van der Waals surface area contributed by atoms with Gasteiger partial charge in [-0.25, -0.2) is 17.9 Å². The monoisotopic (exact) mass is 424 g/mol. The molecular formula is C25H23F3N2O. The van der Waals surface area contributed by atoms with Gasteiger partial charge >= 0.3 is 0 Å². The number of nitrogens with zero attached hydrogens (tertiary/aromatic N) is 2. The van der Waals surface area contributed by atoms with Crippen LogP contribution in [0.4, 0.5) is 13.2 Å². The minimum Gasteiger partial charge on any atom is -0.385 e. The van der Waals surface area contributed by atoms with Crippen molar-refractivity contribution in [2.45, 2.75) is 44.4 Å². The summed E-state index contributed by atoms with van der Waals surface area (Å²) in [6.07, 6.45) is 4.28. The zero-order valence-electron chi connectivity index (χ0n) is 17.2. The van der Waals surface area contributed by atoms with Gasteiger partial charge in [-0.2, -0.15) is 5.10 Å². The number of aliphatic hydroxyl groups is 1. The maximum Gasteiger partial charge on any atom is 0.150 e. The minimum absolute atomic E-state index is 0.223. The van der Waals surface area contributed by atoms with E-state index in [1.54, 1.807) is 23.0 Å². The predicted molar refractivity (Wildman–Crippen MR) is 112 cm³/mol. The lowest BCUT2D eigenvalue weighted by Crippen LogP contribution is -2.53. The molecule has 5 rings (SSSR count). The molecule has 1 N–H and O–H groups in total. The van der Waals surface area contributed by atoms with Gasteiger partial charge in [0, 0.05) is 5.41 Å². The third kappa shape index (κ3) is 3.04. The maximum atomic E-state index is 16.7. The Balaban J connectivity index is 1.56. The molecule has 0 radical (unpaired) electrons. The average Bonchev–Trinajstić information content (AvgIpc) is 3.16. The van der Waals surface area contributed by atoms with Crippen molar-refractivity contribution in [1.82, 2.24) is 9.78 Å². The smallest absolute Gasteiger partial charge is 0.150 e. The summed E-state index contributed by atoms with van der Waals surface area (Å²) < 4.78 is 45.1. The first-order valence-corrected chi connectivity index (χ1v) is 10.5. The Bertz CT molecular complexity index is 1150. The largest absolute Gasteiger partial charge is 0.385 e. The van der Waals surface area contributed by atoms with Gasteiger partial charge < -0.3 is 5.11 Å². The molecular weight excluding hydrogens is 401 g/mol. The van der Waals surface area contributed by atoms with Crippen molar-refractivity contribution < 1.29 is 18.3 Å². The van der Waals surface area contributed by atoms with E-state index in [2.05, 4.69) is 5.10 Å². The Morgan fingerprint density at radius 3 is 2.35 bits per heavy atom. The fourth-order valence-electron chi connectivity index (χ4n) is 5.21. The fourth-order valence-corrected chi connectivity index (χ4v) is 5.21. The first kappa shape index (κ1) is 20.1. The molecule has 3 aromatic rings. The van der Waals surface area contributed by atoms with Crippen LogP contribution in [0.2, 0.25) is 0 Å². The van der Waals surface area contributed by atoms with E-state index in [1.807, 2.05) is 13.0 Å². The number of aliphatic hydroxyl groups excluding tert-OH is 1. The lowest BCUT2D eigenvalue weighted by Gasteiger charge is -2.52. The zero-order chi connectivity index (χ0) is 21.8. The summed E-state index contributed by atoms with van der Waals surface area (Å²) >= 11 is 0. The topological polar surface area (TPSA) is 38.0 Å². The summed E-state index contributed by atoms with van der Waals surface area (Å²) in [6.45, 7) is 1.86. The molecule has 1 saturated carbocycles. The molecule has 1 unspecified atom stereocenters. The standard InChI is InChI=1S/C25H23F3N2O/c1-24-14-17-15-29-30(21-10-8-20(27)9-11-21)22(17)13-18(24)3-2-12-25(24,28)23(31)16-4-6-19(26)7-5-16/h4-11,13,15,23,31H,2-3,12,14H2,1H3/t23?,24-,25-/m0/s1. The summed E-state index contributed by atoms with van der Waals surface area (Å²) in [5.74, 6) is -0.741. The van der Waals surface area contributed by atoms with Crippen LogP contribution < -0.4 is 0 Å². The van der Waals surface area contributed by atoms with Crippen molar-refractivity contribution in [3.8, 4) is 5.69 Å². The van der Waals surface area contributed by atoms with Crippen LogP contribution >= 0.6 is 0 Å². The van der Waals surface area contributed by atoms with Crippen LogP contribution in [0, 0.1) is 17.0 Å². The fraction of sp³-hybridized carbons (Fsp3) is 0.320. The van der Waals surface area contributed by atoms with Gasteiger partial charge in [-0.05, 0) is 79.3 Å². The highest BCUT2D eigenvalue weighted by atomic mass is 19.1. The summed E-state index contributed by atoms with van der Waals surface area (Å²) in [5, 5.41) is 15.5. The molecule has 0 amide bonds. The van der Waals surface area contributed by atoms with Crippen molar-refractivity contribution in [3.63, 3.8) is 0 Å². The van der Waals surface area contributed by atoms with Crippen LogP contribution in [0.1, 0.15) is 49.1 Å². The highest BCUT2D eigenvalue weighted by Crippen LogP contribution is 2.59. The molecule has 31 heavy (non-hydrogen) atoms. The lowest BCUT2D eigenvalue weighted by atomic mass is 9.56.